The average Bonchev–Trinajstić information content (AvgIpc) is 2.60. The molecule has 0 spiro atoms. The summed E-state index contributed by atoms with van der Waals surface area (Å²) in [5.41, 5.74) is 8.75. The van der Waals surface area contributed by atoms with Crippen LogP contribution in [0.5, 0.6) is 5.75 Å². The molecule has 0 saturated carbocycles. The van der Waals surface area contributed by atoms with Gasteiger partial charge in [-0.25, -0.2) is 5.53 Å². The van der Waals surface area contributed by atoms with Crippen molar-refractivity contribution in [3.8, 4) is 5.75 Å². The van der Waals surface area contributed by atoms with Crippen molar-refractivity contribution in [1.82, 2.24) is 0 Å². The standard InChI is InChI=1S/C21H36N2O/c1-3-4-5-6-7-8-9-10-11-12-13-14-17-24-21-16-15-20(23-22)18-19(21)2/h15-16,18,22H,3-14,17H2,1-2H3. The van der Waals surface area contributed by atoms with Crippen LogP contribution < -0.4 is 4.74 Å². The van der Waals surface area contributed by atoms with E-state index in [2.05, 4.69) is 12.0 Å². The molecular formula is C21H36N2O. The topological polar surface area (TPSA) is 45.4 Å². The van der Waals surface area contributed by atoms with Crippen LogP contribution in [0.3, 0.4) is 0 Å². The molecule has 136 valence electrons. The van der Waals surface area contributed by atoms with Crippen LogP contribution in [-0.4, -0.2) is 6.61 Å². The van der Waals surface area contributed by atoms with Crippen LogP contribution in [0, 0.1) is 12.5 Å². The molecule has 3 heteroatoms. The lowest BCUT2D eigenvalue weighted by Gasteiger charge is -2.09. The lowest BCUT2D eigenvalue weighted by atomic mass is 10.1. The first-order chi connectivity index (χ1) is 11.8. The third kappa shape index (κ3) is 9.69. The van der Waals surface area contributed by atoms with E-state index in [0.29, 0.717) is 5.69 Å². The van der Waals surface area contributed by atoms with Crippen LogP contribution in [0.4, 0.5) is 5.69 Å². The van der Waals surface area contributed by atoms with Gasteiger partial charge in [0.15, 0.2) is 0 Å². The van der Waals surface area contributed by atoms with Crippen molar-refractivity contribution in [3.05, 3.63) is 23.8 Å². The molecular weight excluding hydrogens is 296 g/mol. The number of unbranched alkanes of at least 4 members (excludes halogenated alkanes) is 11. The smallest absolute Gasteiger partial charge is 0.122 e. The minimum Gasteiger partial charge on any atom is -0.493 e. The zero-order valence-corrected chi connectivity index (χ0v) is 15.8. The maximum Gasteiger partial charge on any atom is 0.122 e. The van der Waals surface area contributed by atoms with Gasteiger partial charge in [0.1, 0.15) is 5.75 Å². The largest absolute Gasteiger partial charge is 0.493 e. The lowest BCUT2D eigenvalue weighted by molar-refractivity contribution is 0.302. The number of hydrogen-bond acceptors (Lipinski definition) is 3. The summed E-state index contributed by atoms with van der Waals surface area (Å²) in [6.45, 7) is 5.07. The second-order valence-corrected chi connectivity index (χ2v) is 6.80. The number of rotatable bonds is 15. The zero-order chi connectivity index (χ0) is 17.5. The Morgan fingerprint density at radius 3 is 1.88 bits per heavy atom. The summed E-state index contributed by atoms with van der Waals surface area (Å²) in [5, 5.41) is 3.44. The van der Waals surface area contributed by atoms with Gasteiger partial charge in [0.05, 0.1) is 12.3 Å². The maximum atomic E-state index is 7.01. The fourth-order valence-corrected chi connectivity index (χ4v) is 2.99. The van der Waals surface area contributed by atoms with Crippen molar-refractivity contribution >= 4 is 5.69 Å². The molecule has 0 aliphatic rings. The van der Waals surface area contributed by atoms with Gasteiger partial charge in [0.2, 0.25) is 0 Å². The van der Waals surface area contributed by atoms with E-state index < -0.39 is 0 Å². The SMILES string of the molecule is CCCCCCCCCCCCCCOc1ccc(N=N)cc1C. The van der Waals surface area contributed by atoms with Crippen molar-refractivity contribution in [2.45, 2.75) is 90.9 Å². The zero-order valence-electron chi connectivity index (χ0n) is 15.8. The first-order valence-corrected chi connectivity index (χ1v) is 9.89. The fourth-order valence-electron chi connectivity index (χ4n) is 2.99. The van der Waals surface area contributed by atoms with Gasteiger partial charge in [-0.3, -0.25) is 0 Å². The number of hydrogen-bond donors (Lipinski definition) is 1. The van der Waals surface area contributed by atoms with Crippen molar-refractivity contribution in [1.29, 1.82) is 5.53 Å². The quantitative estimate of drug-likeness (QED) is 0.259. The summed E-state index contributed by atoms with van der Waals surface area (Å²) in [5.74, 6) is 0.922. The third-order valence-corrected chi connectivity index (χ3v) is 4.54. The van der Waals surface area contributed by atoms with Gasteiger partial charge < -0.3 is 4.74 Å². The molecule has 0 saturated heterocycles. The van der Waals surface area contributed by atoms with Crippen LogP contribution >= 0.6 is 0 Å². The van der Waals surface area contributed by atoms with Crippen LogP contribution in [0.15, 0.2) is 23.3 Å². The second-order valence-electron chi connectivity index (χ2n) is 6.80. The molecule has 0 atom stereocenters. The van der Waals surface area contributed by atoms with E-state index in [-0.39, 0.29) is 0 Å². The highest BCUT2D eigenvalue weighted by Gasteiger charge is 2.01. The van der Waals surface area contributed by atoms with E-state index in [1.807, 2.05) is 25.1 Å². The van der Waals surface area contributed by atoms with Crippen molar-refractivity contribution in [2.24, 2.45) is 5.11 Å². The predicted molar refractivity (Wildman–Crippen MR) is 103 cm³/mol. The molecule has 24 heavy (non-hydrogen) atoms. The number of nitrogens with zero attached hydrogens (tertiary/aromatic N) is 1. The number of benzene rings is 1. The Bertz CT molecular complexity index is 445. The molecule has 0 fully saturated rings. The lowest BCUT2D eigenvalue weighted by Crippen LogP contribution is -1.98. The summed E-state index contributed by atoms with van der Waals surface area (Å²) >= 11 is 0. The third-order valence-electron chi connectivity index (χ3n) is 4.54. The molecule has 1 aromatic rings. The molecule has 1 aromatic carbocycles. The van der Waals surface area contributed by atoms with Gasteiger partial charge in [0, 0.05) is 0 Å². The molecule has 0 aliphatic heterocycles. The Hall–Kier alpha value is -1.38. The van der Waals surface area contributed by atoms with Gasteiger partial charge in [-0.1, -0.05) is 77.6 Å². The van der Waals surface area contributed by atoms with E-state index in [1.165, 1.54) is 70.6 Å². The Balaban J connectivity index is 1.91. The molecule has 0 aliphatic carbocycles. The summed E-state index contributed by atoms with van der Waals surface area (Å²) < 4.78 is 5.83. The fraction of sp³-hybridized carbons (Fsp3) is 0.714. The molecule has 0 bridgehead atoms. The molecule has 3 nitrogen and oxygen atoms in total. The highest BCUT2D eigenvalue weighted by Crippen LogP contribution is 2.23. The van der Waals surface area contributed by atoms with Gasteiger partial charge >= 0.3 is 0 Å². The number of ether oxygens (including phenoxy) is 1. The number of aryl methyl sites for hydroxylation is 1. The summed E-state index contributed by atoms with van der Waals surface area (Å²) in [6, 6.07) is 5.64. The van der Waals surface area contributed by atoms with Gasteiger partial charge in [-0.05, 0) is 37.1 Å². The first kappa shape index (κ1) is 20.7. The highest BCUT2D eigenvalue weighted by atomic mass is 16.5. The molecule has 1 rings (SSSR count). The normalized spacial score (nSPS) is 10.8. The molecule has 0 heterocycles. The predicted octanol–water partition coefficient (Wildman–Crippen LogP) is 7.74. The molecule has 0 unspecified atom stereocenters. The van der Waals surface area contributed by atoms with Gasteiger partial charge in [-0.15, -0.1) is 0 Å². The van der Waals surface area contributed by atoms with E-state index in [0.717, 1.165) is 24.3 Å². The minimum absolute atomic E-state index is 0.685. The van der Waals surface area contributed by atoms with E-state index >= 15 is 0 Å². The van der Waals surface area contributed by atoms with E-state index in [9.17, 15) is 0 Å². The molecule has 0 aromatic heterocycles. The van der Waals surface area contributed by atoms with Crippen LogP contribution in [0.2, 0.25) is 0 Å². The molecule has 1 N–H and O–H groups in total. The Morgan fingerprint density at radius 1 is 0.833 bits per heavy atom. The first-order valence-electron chi connectivity index (χ1n) is 9.89. The summed E-state index contributed by atoms with van der Waals surface area (Å²) in [4.78, 5) is 0. The Morgan fingerprint density at radius 2 is 1.38 bits per heavy atom. The van der Waals surface area contributed by atoms with Crippen molar-refractivity contribution < 1.29 is 4.74 Å². The van der Waals surface area contributed by atoms with E-state index in [4.69, 9.17) is 10.3 Å². The van der Waals surface area contributed by atoms with E-state index in [1.54, 1.807) is 0 Å². The summed E-state index contributed by atoms with van der Waals surface area (Å²) in [7, 11) is 0. The molecule has 0 radical (unpaired) electrons. The Labute approximate surface area is 148 Å². The van der Waals surface area contributed by atoms with Crippen LogP contribution in [0.25, 0.3) is 0 Å². The second kappa shape index (κ2) is 14.0. The Kier molecular flexibility index (Phi) is 12.1. The summed E-state index contributed by atoms with van der Waals surface area (Å²) in [6.07, 6.45) is 16.4. The number of nitrogens with one attached hydrogen (secondary N) is 1. The van der Waals surface area contributed by atoms with Gasteiger partial charge in [-0.2, -0.15) is 5.11 Å². The molecule has 0 amide bonds. The average molecular weight is 333 g/mol. The van der Waals surface area contributed by atoms with Crippen molar-refractivity contribution in [3.63, 3.8) is 0 Å². The monoisotopic (exact) mass is 332 g/mol. The highest BCUT2D eigenvalue weighted by molar-refractivity contribution is 5.46. The van der Waals surface area contributed by atoms with Crippen LogP contribution in [-0.2, 0) is 0 Å². The van der Waals surface area contributed by atoms with Gasteiger partial charge in [0.25, 0.3) is 0 Å². The van der Waals surface area contributed by atoms with Crippen LogP contribution in [0.1, 0.15) is 89.5 Å². The minimum atomic E-state index is 0.685. The maximum absolute atomic E-state index is 7.01. The van der Waals surface area contributed by atoms with Crippen molar-refractivity contribution in [2.75, 3.05) is 6.61 Å².